The number of fused-ring (bicyclic) bond motifs is 2. The summed E-state index contributed by atoms with van der Waals surface area (Å²) in [5, 5.41) is 11.3. The molecular formula is C22H23ClN2O4S. The molecule has 0 saturated carbocycles. The van der Waals surface area contributed by atoms with Crippen molar-refractivity contribution in [3.8, 4) is 0 Å². The van der Waals surface area contributed by atoms with E-state index in [4.69, 9.17) is 16.3 Å². The van der Waals surface area contributed by atoms with Crippen LogP contribution in [-0.2, 0) is 20.9 Å². The van der Waals surface area contributed by atoms with Crippen molar-refractivity contribution >= 4 is 41.1 Å². The van der Waals surface area contributed by atoms with E-state index in [1.165, 1.54) is 16.7 Å². The fourth-order valence-electron chi connectivity index (χ4n) is 3.82. The number of hydrogen-bond donors (Lipinski definition) is 1. The van der Waals surface area contributed by atoms with Crippen molar-refractivity contribution in [2.75, 3.05) is 10.7 Å². The maximum absolute atomic E-state index is 13.8. The molecule has 0 unspecified atom stereocenters. The molecule has 1 fully saturated rings. The van der Waals surface area contributed by atoms with Crippen molar-refractivity contribution in [3.63, 3.8) is 0 Å². The zero-order valence-corrected chi connectivity index (χ0v) is 18.5. The molecule has 2 aliphatic rings. The number of anilines is 1. The highest BCUT2D eigenvalue weighted by Crippen LogP contribution is 2.56. The first-order chi connectivity index (χ1) is 14.1. The van der Waals surface area contributed by atoms with E-state index in [9.17, 15) is 14.7 Å². The van der Waals surface area contributed by atoms with Gasteiger partial charge in [0, 0.05) is 16.3 Å². The van der Waals surface area contributed by atoms with Crippen molar-refractivity contribution in [2.45, 2.75) is 44.0 Å². The number of halogens is 1. The van der Waals surface area contributed by atoms with Gasteiger partial charge in [0.25, 0.3) is 5.91 Å². The Hall–Kier alpha value is -2.22. The van der Waals surface area contributed by atoms with Crippen LogP contribution in [0.2, 0.25) is 5.02 Å². The second-order valence-corrected chi connectivity index (χ2v) is 9.97. The average Bonchev–Trinajstić information content (AvgIpc) is 3.14. The zero-order valence-electron chi connectivity index (χ0n) is 17.0. The molecule has 2 heterocycles. The summed E-state index contributed by atoms with van der Waals surface area (Å²) in [5.41, 5.74) is 1.55. The predicted octanol–water partition coefficient (Wildman–Crippen LogP) is 4.34. The number of para-hydroxylation sites is 1. The number of ether oxygens (including phenoxy) is 1. The van der Waals surface area contributed by atoms with E-state index >= 15 is 0 Å². The lowest BCUT2D eigenvalue weighted by Gasteiger charge is -2.35. The summed E-state index contributed by atoms with van der Waals surface area (Å²) < 4.78 is 5.54. The number of nitrogens with zero attached hydrogens (tertiary/aromatic N) is 2. The minimum absolute atomic E-state index is 0.216. The molecule has 2 aromatic carbocycles. The van der Waals surface area contributed by atoms with Gasteiger partial charge < -0.3 is 14.7 Å². The number of aliphatic hydroxyl groups excluding tert-OH is 1. The molecule has 0 bridgehead atoms. The molecule has 2 aromatic rings. The molecule has 2 aliphatic heterocycles. The molecule has 0 aliphatic carbocycles. The van der Waals surface area contributed by atoms with Gasteiger partial charge in [0.2, 0.25) is 4.87 Å². The van der Waals surface area contributed by atoms with Crippen LogP contribution >= 0.6 is 23.4 Å². The summed E-state index contributed by atoms with van der Waals surface area (Å²) in [6, 6.07) is 14.7. The maximum atomic E-state index is 13.8. The van der Waals surface area contributed by atoms with E-state index in [2.05, 4.69) is 0 Å². The van der Waals surface area contributed by atoms with Gasteiger partial charge in [-0.25, -0.2) is 4.79 Å². The van der Waals surface area contributed by atoms with Crippen LogP contribution in [0.5, 0.6) is 0 Å². The Morgan fingerprint density at radius 2 is 1.90 bits per heavy atom. The first kappa shape index (κ1) is 21.0. The van der Waals surface area contributed by atoms with E-state index in [-0.39, 0.29) is 11.7 Å². The molecule has 158 valence electrons. The van der Waals surface area contributed by atoms with Crippen molar-refractivity contribution in [1.29, 1.82) is 0 Å². The third-order valence-corrected chi connectivity index (χ3v) is 6.74. The number of hydrogen-bond acceptors (Lipinski definition) is 5. The zero-order chi connectivity index (χ0) is 21.7. The number of benzene rings is 2. The topological polar surface area (TPSA) is 70.1 Å². The van der Waals surface area contributed by atoms with Gasteiger partial charge in [0.05, 0.1) is 12.2 Å². The lowest BCUT2D eigenvalue weighted by molar-refractivity contribution is -0.128. The third kappa shape index (κ3) is 3.45. The summed E-state index contributed by atoms with van der Waals surface area (Å²) in [5.74, 6) is -0.0558. The van der Waals surface area contributed by atoms with Crippen LogP contribution in [0.3, 0.4) is 0 Å². The maximum Gasteiger partial charge on any atom is 0.414 e. The Morgan fingerprint density at radius 1 is 1.23 bits per heavy atom. The number of thioether (sulfide) groups is 1. The summed E-state index contributed by atoms with van der Waals surface area (Å²) in [7, 11) is 0. The van der Waals surface area contributed by atoms with Crippen LogP contribution in [0, 0.1) is 0 Å². The molecular weight excluding hydrogens is 424 g/mol. The molecule has 6 nitrogen and oxygen atoms in total. The normalized spacial score (nSPS) is 23.2. The monoisotopic (exact) mass is 446 g/mol. The van der Waals surface area contributed by atoms with E-state index in [1.807, 2.05) is 36.4 Å². The number of amides is 2. The van der Waals surface area contributed by atoms with Crippen LogP contribution < -0.4 is 4.90 Å². The van der Waals surface area contributed by atoms with Crippen molar-refractivity contribution in [2.24, 2.45) is 0 Å². The Morgan fingerprint density at radius 3 is 2.57 bits per heavy atom. The molecule has 0 radical (unpaired) electrons. The van der Waals surface area contributed by atoms with Crippen LogP contribution in [0.1, 0.15) is 31.9 Å². The molecule has 4 rings (SSSR count). The Bertz CT molecular complexity index is 991. The lowest BCUT2D eigenvalue weighted by Crippen LogP contribution is -2.54. The number of aliphatic hydroxyl groups is 1. The number of rotatable bonds is 2. The van der Waals surface area contributed by atoms with Crippen LogP contribution in [0.15, 0.2) is 48.5 Å². The lowest BCUT2D eigenvalue weighted by atomic mass is 10.1. The second-order valence-electron chi connectivity index (χ2n) is 8.32. The number of carbonyl (C=O) groups excluding carboxylic acids is 2. The highest BCUT2D eigenvalue weighted by atomic mass is 35.5. The van der Waals surface area contributed by atoms with Gasteiger partial charge in [-0.05, 0) is 44.5 Å². The fraction of sp³-hybridized carbons (Fsp3) is 0.364. The average molecular weight is 447 g/mol. The van der Waals surface area contributed by atoms with E-state index in [0.29, 0.717) is 22.8 Å². The summed E-state index contributed by atoms with van der Waals surface area (Å²) in [4.78, 5) is 28.3. The van der Waals surface area contributed by atoms with E-state index in [0.717, 1.165) is 5.56 Å². The van der Waals surface area contributed by atoms with Crippen LogP contribution in [0.4, 0.5) is 10.5 Å². The Labute approximate surface area is 184 Å². The van der Waals surface area contributed by atoms with Crippen molar-refractivity contribution in [1.82, 2.24) is 4.90 Å². The minimum Gasteiger partial charge on any atom is -0.444 e. The van der Waals surface area contributed by atoms with Crippen molar-refractivity contribution < 1.29 is 19.4 Å². The summed E-state index contributed by atoms with van der Waals surface area (Å²) in [6.45, 7) is 5.59. The van der Waals surface area contributed by atoms with Gasteiger partial charge in [0.15, 0.2) is 0 Å². The number of carbonyl (C=O) groups is 2. The predicted molar refractivity (Wildman–Crippen MR) is 117 cm³/mol. The molecule has 8 heteroatoms. The summed E-state index contributed by atoms with van der Waals surface area (Å²) in [6.07, 6.45) is -1.84. The largest absolute Gasteiger partial charge is 0.444 e. The Kier molecular flexibility index (Phi) is 5.24. The molecule has 1 N–H and O–H groups in total. The smallest absolute Gasteiger partial charge is 0.414 e. The van der Waals surface area contributed by atoms with Gasteiger partial charge in [-0.3, -0.25) is 9.69 Å². The fourth-order valence-corrected chi connectivity index (χ4v) is 5.38. The molecule has 0 aromatic heterocycles. The molecule has 30 heavy (non-hydrogen) atoms. The van der Waals surface area contributed by atoms with Gasteiger partial charge in [-0.15, -0.1) is 11.8 Å². The Balaban J connectivity index is 1.77. The minimum atomic E-state index is -1.36. The van der Waals surface area contributed by atoms with Crippen LogP contribution in [-0.4, -0.2) is 39.6 Å². The van der Waals surface area contributed by atoms with Gasteiger partial charge in [0.1, 0.15) is 11.8 Å². The quantitative estimate of drug-likeness (QED) is 0.743. The highest BCUT2D eigenvalue weighted by Gasteiger charge is 2.63. The first-order valence-corrected chi connectivity index (χ1v) is 11.0. The first-order valence-electron chi connectivity index (χ1n) is 9.64. The molecule has 2 amide bonds. The van der Waals surface area contributed by atoms with E-state index < -0.39 is 22.8 Å². The van der Waals surface area contributed by atoms with Crippen molar-refractivity contribution in [3.05, 3.63) is 64.7 Å². The SMILES string of the molecule is CC(C)(C)OC(=O)N1[C@@H](O)CS[C@]12C(=O)N(Cc1ccc(Cl)cc1)c1ccccc12. The highest BCUT2D eigenvalue weighted by molar-refractivity contribution is 8.01. The van der Waals surface area contributed by atoms with Gasteiger partial charge in [-0.2, -0.15) is 0 Å². The van der Waals surface area contributed by atoms with E-state index in [1.54, 1.807) is 37.8 Å². The van der Waals surface area contributed by atoms with Crippen LogP contribution in [0.25, 0.3) is 0 Å². The van der Waals surface area contributed by atoms with Gasteiger partial charge in [-0.1, -0.05) is 41.9 Å². The summed E-state index contributed by atoms with van der Waals surface area (Å²) >= 11 is 7.24. The third-order valence-electron chi connectivity index (χ3n) is 5.02. The second kappa shape index (κ2) is 7.48. The molecule has 1 saturated heterocycles. The van der Waals surface area contributed by atoms with Gasteiger partial charge >= 0.3 is 6.09 Å². The molecule has 1 spiro atoms. The standard InChI is InChI=1S/C22H23ClN2O4S/c1-21(2,3)29-20(28)25-18(26)13-30-22(25)16-6-4-5-7-17(16)24(19(22)27)12-14-8-10-15(23)11-9-14/h4-11,18,26H,12-13H2,1-3H3/t18-,22+/m0/s1. The molecule has 2 atom stereocenters.